The van der Waals surface area contributed by atoms with E-state index >= 15 is 0 Å². The molecule has 0 heterocycles. The van der Waals surface area contributed by atoms with Gasteiger partial charge >= 0.3 is 24.4 Å². The van der Waals surface area contributed by atoms with E-state index in [1.165, 1.54) is 0 Å². The van der Waals surface area contributed by atoms with Crippen molar-refractivity contribution >= 4 is 60.1 Å². The summed E-state index contributed by atoms with van der Waals surface area (Å²) in [7, 11) is 0. The second-order valence-electron chi connectivity index (χ2n) is 12.1. The zero-order chi connectivity index (χ0) is 31.0. The number of nitrogens with one attached hydrogen (secondary N) is 2. The Hall–Kier alpha value is -2.52. The van der Waals surface area contributed by atoms with Gasteiger partial charge in [-0.1, -0.05) is 0 Å². The van der Waals surface area contributed by atoms with Crippen molar-refractivity contribution in [1.29, 1.82) is 10.8 Å². The van der Waals surface area contributed by atoms with Crippen LogP contribution in [0.15, 0.2) is 0 Å². The molecule has 0 aliphatic heterocycles. The maximum absolute atomic E-state index is 12.6. The minimum atomic E-state index is -1.08. The number of carbonyl (C=O) groups is 4. The lowest BCUT2D eigenvalue weighted by atomic mass is 10.2. The molecule has 15 heteroatoms. The fraction of sp³-hybridized carbons (Fsp3) is 0.750. The molecule has 0 aromatic carbocycles. The summed E-state index contributed by atoms with van der Waals surface area (Å²) in [4.78, 5) is 51.3. The second kappa shape index (κ2) is 14.2. The summed E-state index contributed by atoms with van der Waals surface area (Å²) >= 11 is 1.37. The van der Waals surface area contributed by atoms with Gasteiger partial charge in [-0.05, 0) is 83.1 Å². The van der Waals surface area contributed by atoms with Gasteiger partial charge in [0.15, 0.2) is 0 Å². The molecule has 2 N–H and O–H groups in total. The maximum atomic E-state index is 12.6. The molecule has 0 bridgehead atoms. The van der Waals surface area contributed by atoms with E-state index in [-0.39, 0.29) is 11.5 Å². The lowest BCUT2D eigenvalue weighted by Crippen LogP contribution is -2.47. The zero-order valence-electron chi connectivity index (χ0n) is 24.8. The first-order chi connectivity index (χ1) is 17.3. The van der Waals surface area contributed by atoms with Crippen LogP contribution in [0.3, 0.4) is 0 Å². The summed E-state index contributed by atoms with van der Waals surface area (Å²) in [5.74, 6) is -1.49. The van der Waals surface area contributed by atoms with Gasteiger partial charge in [0.2, 0.25) is 0 Å². The molecule has 0 aliphatic rings. The van der Waals surface area contributed by atoms with Gasteiger partial charge in [0.05, 0.1) is 11.5 Å². The van der Waals surface area contributed by atoms with Crippen molar-refractivity contribution in [2.24, 2.45) is 0 Å². The Kier molecular flexibility index (Phi) is 13.3. The molecule has 0 aromatic rings. The molecule has 0 aromatic heterocycles. The average Bonchev–Trinajstić information content (AvgIpc) is 2.61. The minimum absolute atomic E-state index is 0.277. The van der Waals surface area contributed by atoms with Crippen LogP contribution >= 0.6 is 24.1 Å². The van der Waals surface area contributed by atoms with E-state index in [1.807, 2.05) is 0 Å². The van der Waals surface area contributed by atoms with Crippen molar-refractivity contribution in [1.82, 2.24) is 9.80 Å². The highest BCUT2D eigenvalue weighted by atomic mass is 32.2. The second-order valence-corrected chi connectivity index (χ2v) is 13.7. The van der Waals surface area contributed by atoms with Crippen molar-refractivity contribution in [2.45, 2.75) is 105 Å². The van der Waals surface area contributed by atoms with Crippen molar-refractivity contribution < 1.29 is 41.8 Å². The van der Waals surface area contributed by atoms with Crippen LogP contribution in [0.1, 0.15) is 83.1 Å². The van der Waals surface area contributed by atoms with Crippen LogP contribution in [0.25, 0.3) is 0 Å². The van der Waals surface area contributed by atoms with Crippen LogP contribution in [0.2, 0.25) is 0 Å². The third kappa shape index (κ3) is 16.2. The van der Waals surface area contributed by atoms with Gasteiger partial charge in [-0.25, -0.2) is 22.8 Å². The highest BCUT2D eigenvalue weighted by Gasteiger charge is 2.36. The van der Waals surface area contributed by atoms with Gasteiger partial charge in [-0.15, -0.1) is 0 Å². The molecule has 0 saturated carbocycles. The molecule has 224 valence electrons. The number of amides is 4. The number of hydrogen-bond acceptors (Lipinski definition) is 13. The van der Waals surface area contributed by atoms with Crippen molar-refractivity contribution in [2.75, 3.05) is 11.5 Å². The molecule has 0 radical (unpaired) electrons. The Balaban J connectivity index is 5.27. The van der Waals surface area contributed by atoms with Gasteiger partial charge in [-0.2, -0.15) is 9.80 Å². The Morgan fingerprint density at radius 3 is 0.897 bits per heavy atom. The summed E-state index contributed by atoms with van der Waals surface area (Å²) in [5, 5.41) is 16.5. The first-order valence-electron chi connectivity index (χ1n) is 11.9. The summed E-state index contributed by atoms with van der Waals surface area (Å²) in [6.45, 7) is 19.4. The highest BCUT2D eigenvalue weighted by molar-refractivity contribution is 8.08. The van der Waals surface area contributed by atoms with Gasteiger partial charge < -0.3 is 18.9 Å². The zero-order valence-corrected chi connectivity index (χ0v) is 26.4. The average molecular weight is 595 g/mol. The summed E-state index contributed by atoms with van der Waals surface area (Å²) < 4.78 is 26.2. The molecule has 39 heavy (non-hydrogen) atoms. The van der Waals surface area contributed by atoms with Gasteiger partial charge in [0, 0.05) is 24.1 Å². The van der Waals surface area contributed by atoms with Crippen LogP contribution in [-0.2, 0) is 22.6 Å². The third-order valence-corrected chi connectivity index (χ3v) is 4.88. The molecular formula is C24H42N4O9S2. The monoisotopic (exact) mass is 594 g/mol. The van der Waals surface area contributed by atoms with E-state index in [0.29, 0.717) is 33.9 Å². The molecule has 0 aliphatic carbocycles. The van der Waals surface area contributed by atoms with Crippen LogP contribution in [0.5, 0.6) is 0 Å². The fourth-order valence-electron chi connectivity index (χ4n) is 2.14. The quantitative estimate of drug-likeness (QED) is 0.112. The van der Waals surface area contributed by atoms with Crippen molar-refractivity contribution in [3.8, 4) is 0 Å². The third-order valence-electron chi connectivity index (χ3n) is 3.33. The number of imide groups is 2. The lowest BCUT2D eigenvalue weighted by Gasteiger charge is -2.28. The molecule has 0 rings (SSSR count). The maximum Gasteiger partial charge on any atom is 0.425 e. The molecule has 4 amide bonds. The summed E-state index contributed by atoms with van der Waals surface area (Å²) in [5.41, 5.74) is -3.70. The largest absolute Gasteiger partial charge is 0.443 e. The fourth-order valence-corrected chi connectivity index (χ4v) is 3.28. The predicted octanol–water partition coefficient (Wildman–Crippen LogP) is 6.60. The standard InChI is InChI=1S/C24H42N4O9S2/c1-21(2,3)33-17(29)27(18(30)34-22(4,5)6)15(25)13-38-37-39-14-16(26)28(19(31)35-23(7,8)9)20(32)36-24(10,11)12/h25-26H,13-14H2,1-12H3. The Morgan fingerprint density at radius 1 is 0.513 bits per heavy atom. The van der Waals surface area contributed by atoms with Crippen LogP contribution in [0, 0.1) is 10.8 Å². The van der Waals surface area contributed by atoms with E-state index in [2.05, 4.69) is 0 Å². The van der Waals surface area contributed by atoms with Gasteiger partial charge in [0.1, 0.15) is 34.1 Å². The molecule has 13 nitrogen and oxygen atoms in total. The van der Waals surface area contributed by atoms with Gasteiger partial charge in [0.25, 0.3) is 0 Å². The van der Waals surface area contributed by atoms with Gasteiger partial charge in [-0.3, -0.25) is 10.8 Å². The number of amidine groups is 2. The lowest BCUT2D eigenvalue weighted by molar-refractivity contribution is 0.0122. The minimum Gasteiger partial charge on any atom is -0.443 e. The van der Waals surface area contributed by atoms with E-state index in [1.54, 1.807) is 83.1 Å². The first kappa shape index (κ1) is 36.5. The summed E-state index contributed by atoms with van der Waals surface area (Å²) in [6, 6.07) is 0. The van der Waals surface area contributed by atoms with E-state index in [4.69, 9.17) is 33.4 Å². The number of ether oxygens (including phenoxy) is 4. The topological polar surface area (TPSA) is 169 Å². The van der Waals surface area contributed by atoms with Crippen LogP contribution in [0.4, 0.5) is 19.2 Å². The Morgan fingerprint density at radius 2 is 0.718 bits per heavy atom. The predicted molar refractivity (Wildman–Crippen MR) is 150 cm³/mol. The number of carbonyl (C=O) groups excluding carboxylic acids is 4. The van der Waals surface area contributed by atoms with Crippen molar-refractivity contribution in [3.05, 3.63) is 0 Å². The number of hydrogen-bond donors (Lipinski definition) is 2. The molecule has 0 fully saturated rings. The SMILES string of the molecule is CC(C)(C)OC(=O)N(C(=N)CSOSCC(=N)N(C(=O)OC(C)(C)C)C(=O)OC(C)(C)C)C(=O)OC(C)(C)C. The van der Waals surface area contributed by atoms with Crippen LogP contribution < -0.4 is 0 Å². The van der Waals surface area contributed by atoms with E-state index in [0.717, 1.165) is 0 Å². The van der Waals surface area contributed by atoms with E-state index < -0.39 is 58.4 Å². The molecule has 0 saturated heterocycles. The molecule has 0 atom stereocenters. The number of rotatable bonds is 6. The first-order valence-corrected chi connectivity index (χ1v) is 13.7. The summed E-state index contributed by atoms with van der Waals surface area (Å²) in [6.07, 6.45) is -4.33. The Bertz CT molecular complexity index is 800. The highest BCUT2D eigenvalue weighted by Crippen LogP contribution is 2.21. The van der Waals surface area contributed by atoms with E-state index in [9.17, 15) is 19.2 Å². The molecular weight excluding hydrogens is 552 g/mol. The smallest absolute Gasteiger partial charge is 0.425 e. The van der Waals surface area contributed by atoms with Crippen molar-refractivity contribution in [3.63, 3.8) is 0 Å². The number of nitrogens with zero attached hydrogens (tertiary/aromatic N) is 2. The molecule has 0 unspecified atom stereocenters. The van der Waals surface area contributed by atoms with Crippen LogP contribution in [-0.4, -0.2) is 79.8 Å². The normalized spacial score (nSPS) is 12.2. The molecule has 0 spiro atoms. The Labute approximate surface area is 239 Å².